The third-order valence-electron chi connectivity index (χ3n) is 5.58. The highest BCUT2D eigenvalue weighted by Crippen LogP contribution is 2.32. The van der Waals surface area contributed by atoms with Crippen LogP contribution in [0.3, 0.4) is 0 Å². The van der Waals surface area contributed by atoms with Crippen molar-refractivity contribution < 1.29 is 18.8 Å². The van der Waals surface area contributed by atoms with Gasteiger partial charge in [0, 0.05) is 20.1 Å². The van der Waals surface area contributed by atoms with Gasteiger partial charge in [0.25, 0.3) is 17.1 Å². The molecular weight excluding hydrogens is 466 g/mol. The molecule has 1 aliphatic heterocycles. The average molecular weight is 488 g/mol. The van der Waals surface area contributed by atoms with Crippen LogP contribution in [-0.4, -0.2) is 49.8 Å². The van der Waals surface area contributed by atoms with Crippen molar-refractivity contribution in [2.75, 3.05) is 13.1 Å². The van der Waals surface area contributed by atoms with E-state index in [0.29, 0.717) is 38.7 Å². The molecule has 5 rings (SSSR count). The van der Waals surface area contributed by atoms with E-state index in [1.807, 2.05) is 37.3 Å². The molecule has 3 amide bonds. The highest BCUT2D eigenvalue weighted by Gasteiger charge is 2.34. The Labute approximate surface area is 204 Å². The molecule has 0 aliphatic carbocycles. The van der Waals surface area contributed by atoms with Gasteiger partial charge in [-0.05, 0) is 48.5 Å². The predicted molar refractivity (Wildman–Crippen MR) is 132 cm³/mol. The van der Waals surface area contributed by atoms with E-state index in [2.05, 4.69) is 15.4 Å². The number of nitrogens with zero attached hydrogens (tertiary/aromatic N) is 4. The minimum Gasteiger partial charge on any atom is -0.463 e. The fourth-order valence-corrected chi connectivity index (χ4v) is 4.81. The van der Waals surface area contributed by atoms with Crippen LogP contribution in [0.4, 0.5) is 4.79 Å². The number of imide groups is 1. The van der Waals surface area contributed by atoms with Crippen molar-refractivity contribution in [1.29, 1.82) is 0 Å². The first-order valence-electron chi connectivity index (χ1n) is 10.9. The Hall–Kier alpha value is -4.18. The maximum absolute atomic E-state index is 13.2. The van der Waals surface area contributed by atoms with E-state index in [1.165, 1.54) is 6.26 Å². The van der Waals surface area contributed by atoms with Crippen LogP contribution in [-0.2, 0) is 11.8 Å². The lowest BCUT2D eigenvalue weighted by Gasteiger charge is -2.13. The van der Waals surface area contributed by atoms with Gasteiger partial charge < -0.3 is 9.73 Å². The Bertz CT molecular complexity index is 1470. The summed E-state index contributed by atoms with van der Waals surface area (Å²) in [5, 5.41) is 7.50. The molecule has 1 fully saturated rings. The zero-order valence-electron chi connectivity index (χ0n) is 19.0. The molecule has 0 radical (unpaired) electrons. The van der Waals surface area contributed by atoms with Gasteiger partial charge in [-0.2, -0.15) is 5.10 Å². The molecule has 0 bridgehead atoms. The number of thioether (sulfide) groups is 1. The first-order valence-corrected chi connectivity index (χ1v) is 11.7. The molecule has 1 saturated heterocycles. The number of hydrogen-bond donors (Lipinski definition) is 1. The highest BCUT2D eigenvalue weighted by molar-refractivity contribution is 8.18. The summed E-state index contributed by atoms with van der Waals surface area (Å²) in [5.41, 5.74) is 2.96. The fraction of sp³-hybridized carbons (Fsp3) is 0.160. The van der Waals surface area contributed by atoms with E-state index in [0.717, 1.165) is 22.2 Å². The van der Waals surface area contributed by atoms with Crippen molar-refractivity contribution in [3.05, 3.63) is 76.5 Å². The summed E-state index contributed by atoms with van der Waals surface area (Å²) in [7, 11) is 1.76. The summed E-state index contributed by atoms with van der Waals surface area (Å²) in [5.74, 6) is -0.191. The summed E-state index contributed by atoms with van der Waals surface area (Å²) in [4.78, 5) is 44.4. The number of aromatic nitrogens is 3. The molecule has 1 aromatic carbocycles. The lowest BCUT2D eigenvalue weighted by atomic mass is 10.1. The van der Waals surface area contributed by atoms with Gasteiger partial charge in [-0.1, -0.05) is 30.3 Å². The van der Waals surface area contributed by atoms with Crippen molar-refractivity contribution in [2.45, 2.75) is 6.92 Å². The summed E-state index contributed by atoms with van der Waals surface area (Å²) in [6.45, 7) is 1.98. The van der Waals surface area contributed by atoms with Crippen molar-refractivity contribution in [2.24, 2.45) is 7.05 Å². The minimum absolute atomic E-state index is 0.0633. The lowest BCUT2D eigenvalue weighted by molar-refractivity contribution is -0.122. The number of carbonyl (C=O) groups excluding carboxylic acids is 3. The van der Waals surface area contributed by atoms with E-state index in [9.17, 15) is 14.4 Å². The van der Waals surface area contributed by atoms with Crippen molar-refractivity contribution in [3.63, 3.8) is 0 Å². The molecule has 176 valence electrons. The van der Waals surface area contributed by atoms with E-state index in [-0.39, 0.29) is 30.1 Å². The van der Waals surface area contributed by atoms with Crippen molar-refractivity contribution >= 4 is 45.9 Å². The predicted octanol–water partition coefficient (Wildman–Crippen LogP) is 4.00. The molecule has 10 heteroatoms. The number of furan rings is 1. The van der Waals surface area contributed by atoms with Gasteiger partial charge in [0.15, 0.2) is 11.4 Å². The van der Waals surface area contributed by atoms with Gasteiger partial charge in [-0.3, -0.25) is 24.0 Å². The Kier molecular flexibility index (Phi) is 5.96. The van der Waals surface area contributed by atoms with Gasteiger partial charge in [0.05, 0.1) is 27.8 Å². The van der Waals surface area contributed by atoms with Crippen LogP contribution in [0.5, 0.6) is 0 Å². The molecule has 1 N–H and O–H groups in total. The summed E-state index contributed by atoms with van der Waals surface area (Å²) in [6, 6.07) is 14.5. The van der Waals surface area contributed by atoms with Gasteiger partial charge in [0.2, 0.25) is 0 Å². The quantitative estimate of drug-likeness (QED) is 0.409. The van der Waals surface area contributed by atoms with E-state index < -0.39 is 0 Å². The molecule has 4 heterocycles. The Morgan fingerprint density at radius 1 is 1.17 bits per heavy atom. The van der Waals surface area contributed by atoms with Crippen LogP contribution >= 0.6 is 11.8 Å². The molecule has 3 aromatic heterocycles. The third kappa shape index (κ3) is 4.35. The first-order chi connectivity index (χ1) is 16.9. The van der Waals surface area contributed by atoms with Crippen LogP contribution in [0.15, 0.2) is 64.1 Å². The number of benzene rings is 1. The second-order valence-corrected chi connectivity index (χ2v) is 8.93. The number of aryl methyl sites for hydroxylation is 2. The van der Waals surface area contributed by atoms with Gasteiger partial charge in [-0.15, -0.1) is 0 Å². The number of rotatable bonds is 6. The second kappa shape index (κ2) is 9.22. The zero-order chi connectivity index (χ0) is 24.5. The Balaban J connectivity index is 1.33. The molecule has 0 saturated carbocycles. The summed E-state index contributed by atoms with van der Waals surface area (Å²) < 4.78 is 7.08. The van der Waals surface area contributed by atoms with Crippen LogP contribution in [0.2, 0.25) is 0 Å². The van der Waals surface area contributed by atoms with E-state index in [1.54, 1.807) is 36.0 Å². The molecule has 0 atom stereocenters. The summed E-state index contributed by atoms with van der Waals surface area (Å²) >= 11 is 0.895. The SMILES string of the molecule is Cc1nn(C)c2nc(-c3ccco3)cc(C(=O)NCCN3C(=O)S/C(=C\c4ccccc4)C3=O)c12. The van der Waals surface area contributed by atoms with Crippen molar-refractivity contribution in [3.8, 4) is 11.5 Å². The number of hydrogen-bond acceptors (Lipinski definition) is 7. The summed E-state index contributed by atoms with van der Waals surface area (Å²) in [6.07, 6.45) is 3.23. The lowest BCUT2D eigenvalue weighted by Crippen LogP contribution is -2.37. The zero-order valence-corrected chi connectivity index (χ0v) is 19.8. The number of carbonyl (C=O) groups is 3. The third-order valence-corrected chi connectivity index (χ3v) is 6.49. The van der Waals surface area contributed by atoms with Crippen LogP contribution in [0, 0.1) is 6.92 Å². The molecule has 35 heavy (non-hydrogen) atoms. The largest absolute Gasteiger partial charge is 0.463 e. The molecule has 4 aromatic rings. The highest BCUT2D eigenvalue weighted by atomic mass is 32.2. The monoisotopic (exact) mass is 487 g/mol. The number of nitrogens with one attached hydrogen (secondary N) is 1. The molecule has 9 nitrogen and oxygen atoms in total. The smallest absolute Gasteiger partial charge is 0.293 e. The molecule has 1 aliphatic rings. The van der Waals surface area contributed by atoms with Crippen LogP contribution < -0.4 is 5.32 Å². The van der Waals surface area contributed by atoms with Crippen molar-refractivity contribution in [1.82, 2.24) is 25.0 Å². The van der Waals surface area contributed by atoms with Crippen LogP contribution in [0.1, 0.15) is 21.6 Å². The second-order valence-electron chi connectivity index (χ2n) is 7.94. The van der Waals surface area contributed by atoms with Gasteiger partial charge in [-0.25, -0.2) is 4.98 Å². The standard InChI is InChI=1S/C25H21N5O4S/c1-15-21-17(14-18(19-9-6-12-34-19)27-22(21)29(2)28-15)23(31)26-10-11-30-24(32)20(35-25(30)33)13-16-7-4-3-5-8-16/h3-9,12-14H,10-11H2,1-2H3,(H,26,31)/b20-13-. The fourth-order valence-electron chi connectivity index (χ4n) is 3.94. The van der Waals surface area contributed by atoms with E-state index in [4.69, 9.17) is 4.42 Å². The first kappa shape index (κ1) is 22.6. The number of fused-ring (bicyclic) bond motifs is 1. The Morgan fingerprint density at radius 3 is 2.71 bits per heavy atom. The van der Waals surface area contributed by atoms with E-state index >= 15 is 0 Å². The minimum atomic E-state index is -0.368. The van der Waals surface area contributed by atoms with Gasteiger partial charge in [0.1, 0.15) is 5.69 Å². The maximum Gasteiger partial charge on any atom is 0.293 e. The average Bonchev–Trinajstić information content (AvgIpc) is 3.55. The molecule has 0 unspecified atom stereocenters. The Morgan fingerprint density at radius 2 is 1.97 bits per heavy atom. The number of pyridine rings is 1. The maximum atomic E-state index is 13.2. The normalized spacial score (nSPS) is 14.9. The number of amides is 3. The van der Waals surface area contributed by atoms with Gasteiger partial charge >= 0.3 is 0 Å². The molecular formula is C25H21N5O4S. The molecule has 0 spiro atoms. The van der Waals surface area contributed by atoms with Crippen LogP contribution in [0.25, 0.3) is 28.6 Å². The topological polar surface area (TPSA) is 110 Å².